The van der Waals surface area contributed by atoms with Gasteiger partial charge in [-0.2, -0.15) is 0 Å². The lowest BCUT2D eigenvalue weighted by Gasteiger charge is -2.34. The number of hydrogen-bond donors (Lipinski definition) is 2. The SMILES string of the molecule is CC(=O)N1CCN(C(=O)CSCC(N)C(=O)O)CC1. The Labute approximate surface area is 116 Å². The lowest BCUT2D eigenvalue weighted by molar-refractivity contribution is -0.138. The van der Waals surface area contributed by atoms with Gasteiger partial charge in [0.05, 0.1) is 5.75 Å². The van der Waals surface area contributed by atoms with Crippen LogP contribution in [0.1, 0.15) is 6.92 Å². The maximum Gasteiger partial charge on any atom is 0.321 e. The van der Waals surface area contributed by atoms with Crippen LogP contribution >= 0.6 is 11.8 Å². The highest BCUT2D eigenvalue weighted by molar-refractivity contribution is 8.00. The molecule has 1 aliphatic heterocycles. The Hall–Kier alpha value is -1.28. The minimum absolute atomic E-state index is 0.0221. The summed E-state index contributed by atoms with van der Waals surface area (Å²) in [5.41, 5.74) is 5.34. The molecule has 0 saturated carbocycles. The summed E-state index contributed by atoms with van der Waals surface area (Å²) in [6.45, 7) is 3.69. The summed E-state index contributed by atoms with van der Waals surface area (Å²) in [6, 6.07) is -0.938. The van der Waals surface area contributed by atoms with Gasteiger partial charge < -0.3 is 20.6 Å². The number of amides is 2. The number of carbonyl (C=O) groups excluding carboxylic acids is 2. The molecule has 0 aromatic carbocycles. The molecule has 0 bridgehead atoms. The molecule has 1 saturated heterocycles. The summed E-state index contributed by atoms with van der Waals surface area (Å²) in [7, 11) is 0. The molecule has 0 aromatic heterocycles. The minimum atomic E-state index is -1.06. The van der Waals surface area contributed by atoms with E-state index in [1.54, 1.807) is 9.80 Å². The number of carboxylic acid groups (broad SMARTS) is 1. The number of carbonyl (C=O) groups is 3. The normalized spacial score (nSPS) is 17.2. The van der Waals surface area contributed by atoms with Crippen LogP contribution in [0.5, 0.6) is 0 Å². The molecule has 1 heterocycles. The van der Waals surface area contributed by atoms with Crippen LogP contribution < -0.4 is 5.73 Å². The van der Waals surface area contributed by atoms with Crippen molar-refractivity contribution in [3.8, 4) is 0 Å². The third kappa shape index (κ3) is 5.07. The zero-order valence-corrected chi connectivity index (χ0v) is 11.7. The molecule has 3 N–H and O–H groups in total. The van der Waals surface area contributed by atoms with E-state index in [4.69, 9.17) is 10.8 Å². The molecule has 8 heteroatoms. The summed E-state index contributed by atoms with van der Waals surface area (Å²) in [6.07, 6.45) is 0. The van der Waals surface area contributed by atoms with Gasteiger partial charge in [-0.25, -0.2) is 0 Å². The third-order valence-corrected chi connectivity index (χ3v) is 3.96. The minimum Gasteiger partial charge on any atom is -0.480 e. The molecule has 0 aromatic rings. The monoisotopic (exact) mass is 289 g/mol. The molecule has 0 spiro atoms. The van der Waals surface area contributed by atoms with Crippen molar-refractivity contribution < 1.29 is 19.5 Å². The van der Waals surface area contributed by atoms with Crippen LogP contribution in [-0.4, -0.2) is 76.4 Å². The summed E-state index contributed by atoms with van der Waals surface area (Å²) < 4.78 is 0. The Bertz CT molecular complexity index is 356. The van der Waals surface area contributed by atoms with Crippen molar-refractivity contribution in [1.82, 2.24) is 9.80 Å². The first kappa shape index (κ1) is 15.8. The standard InChI is InChI=1S/C11H19N3O4S/c1-8(15)13-2-4-14(5-3-13)10(16)7-19-6-9(12)11(17)18/h9H,2-7,12H2,1H3,(H,17,18). The average molecular weight is 289 g/mol. The van der Waals surface area contributed by atoms with Crippen LogP contribution in [0.15, 0.2) is 0 Å². The number of piperazine rings is 1. The van der Waals surface area contributed by atoms with Crippen molar-refractivity contribution in [2.75, 3.05) is 37.7 Å². The van der Waals surface area contributed by atoms with Crippen molar-refractivity contribution in [3.63, 3.8) is 0 Å². The van der Waals surface area contributed by atoms with Gasteiger partial charge in [-0.05, 0) is 0 Å². The van der Waals surface area contributed by atoms with Gasteiger partial charge in [-0.15, -0.1) is 11.8 Å². The molecular weight excluding hydrogens is 270 g/mol. The van der Waals surface area contributed by atoms with E-state index < -0.39 is 12.0 Å². The van der Waals surface area contributed by atoms with Crippen molar-refractivity contribution in [1.29, 1.82) is 0 Å². The molecule has 0 radical (unpaired) electrons. The Balaban J connectivity index is 2.24. The van der Waals surface area contributed by atoms with E-state index in [-0.39, 0.29) is 23.3 Å². The summed E-state index contributed by atoms with van der Waals surface area (Å²) >= 11 is 1.22. The molecule has 7 nitrogen and oxygen atoms in total. The van der Waals surface area contributed by atoms with Gasteiger partial charge in [0.1, 0.15) is 6.04 Å². The van der Waals surface area contributed by atoms with E-state index in [9.17, 15) is 14.4 Å². The predicted octanol–water partition coefficient (Wildman–Crippen LogP) is -1.18. The molecule has 1 fully saturated rings. The van der Waals surface area contributed by atoms with Crippen molar-refractivity contribution in [2.24, 2.45) is 5.73 Å². The molecule has 0 aliphatic carbocycles. The van der Waals surface area contributed by atoms with Gasteiger partial charge >= 0.3 is 5.97 Å². The van der Waals surface area contributed by atoms with Crippen LogP contribution in [0, 0.1) is 0 Å². The van der Waals surface area contributed by atoms with Crippen LogP contribution in [0.2, 0.25) is 0 Å². The van der Waals surface area contributed by atoms with Crippen molar-refractivity contribution >= 4 is 29.5 Å². The topological polar surface area (TPSA) is 104 Å². The van der Waals surface area contributed by atoms with Crippen LogP contribution in [0.4, 0.5) is 0 Å². The maximum absolute atomic E-state index is 11.8. The number of thioether (sulfide) groups is 1. The van der Waals surface area contributed by atoms with Crippen molar-refractivity contribution in [2.45, 2.75) is 13.0 Å². The Morgan fingerprint density at radius 3 is 2.21 bits per heavy atom. The van der Waals surface area contributed by atoms with Gasteiger partial charge in [0.25, 0.3) is 0 Å². The Kier molecular flexibility index (Phi) is 6.10. The number of carboxylic acids is 1. The number of hydrogen-bond acceptors (Lipinski definition) is 5. The number of nitrogens with zero attached hydrogens (tertiary/aromatic N) is 2. The molecule has 2 amide bonds. The van der Waals surface area contributed by atoms with Crippen LogP contribution in [0.25, 0.3) is 0 Å². The number of aliphatic carboxylic acids is 1. The summed E-state index contributed by atoms with van der Waals surface area (Å²) in [5, 5.41) is 8.61. The second-order valence-corrected chi connectivity index (χ2v) is 5.38. The lowest BCUT2D eigenvalue weighted by Crippen LogP contribution is -2.50. The quantitative estimate of drug-likeness (QED) is 0.660. The predicted molar refractivity (Wildman–Crippen MR) is 71.8 cm³/mol. The lowest BCUT2D eigenvalue weighted by atomic mass is 10.3. The van der Waals surface area contributed by atoms with Gasteiger partial charge in [0, 0.05) is 38.9 Å². The fourth-order valence-electron chi connectivity index (χ4n) is 1.71. The Morgan fingerprint density at radius 2 is 1.74 bits per heavy atom. The summed E-state index contributed by atoms with van der Waals surface area (Å²) in [5.74, 6) is -0.634. The molecule has 108 valence electrons. The highest BCUT2D eigenvalue weighted by Crippen LogP contribution is 2.08. The second kappa shape index (κ2) is 7.34. The van der Waals surface area contributed by atoms with E-state index in [1.807, 2.05) is 0 Å². The van der Waals surface area contributed by atoms with E-state index in [2.05, 4.69) is 0 Å². The first-order chi connectivity index (χ1) is 8.91. The summed E-state index contributed by atoms with van der Waals surface area (Å²) in [4.78, 5) is 36.9. The van der Waals surface area contributed by atoms with Crippen LogP contribution in [-0.2, 0) is 14.4 Å². The first-order valence-electron chi connectivity index (χ1n) is 6.01. The largest absolute Gasteiger partial charge is 0.480 e. The van der Waals surface area contributed by atoms with E-state index in [0.717, 1.165) is 0 Å². The van der Waals surface area contributed by atoms with E-state index >= 15 is 0 Å². The van der Waals surface area contributed by atoms with Gasteiger partial charge in [0.2, 0.25) is 11.8 Å². The highest BCUT2D eigenvalue weighted by atomic mass is 32.2. The van der Waals surface area contributed by atoms with E-state index in [1.165, 1.54) is 18.7 Å². The fraction of sp³-hybridized carbons (Fsp3) is 0.727. The second-order valence-electron chi connectivity index (χ2n) is 4.35. The Morgan fingerprint density at radius 1 is 1.21 bits per heavy atom. The maximum atomic E-state index is 11.8. The van der Waals surface area contributed by atoms with E-state index in [0.29, 0.717) is 26.2 Å². The number of rotatable bonds is 5. The molecule has 1 atom stereocenters. The molecule has 1 unspecified atom stereocenters. The molecule has 1 aliphatic rings. The fourth-order valence-corrected chi connectivity index (χ4v) is 2.58. The zero-order chi connectivity index (χ0) is 14.4. The average Bonchev–Trinajstić information content (AvgIpc) is 2.38. The third-order valence-electron chi connectivity index (χ3n) is 2.92. The van der Waals surface area contributed by atoms with Gasteiger partial charge in [-0.3, -0.25) is 14.4 Å². The van der Waals surface area contributed by atoms with Gasteiger partial charge in [0.15, 0.2) is 0 Å². The zero-order valence-electron chi connectivity index (χ0n) is 10.9. The smallest absolute Gasteiger partial charge is 0.321 e. The van der Waals surface area contributed by atoms with Crippen molar-refractivity contribution in [3.05, 3.63) is 0 Å². The van der Waals surface area contributed by atoms with Crippen LogP contribution in [0.3, 0.4) is 0 Å². The first-order valence-corrected chi connectivity index (χ1v) is 7.16. The molecule has 19 heavy (non-hydrogen) atoms. The molecular formula is C11H19N3O4S. The number of nitrogens with two attached hydrogens (primary N) is 1. The van der Waals surface area contributed by atoms with Gasteiger partial charge in [-0.1, -0.05) is 0 Å². The molecule has 1 rings (SSSR count). The highest BCUT2D eigenvalue weighted by Gasteiger charge is 2.22.